The molecule has 0 radical (unpaired) electrons. The van der Waals surface area contributed by atoms with Gasteiger partial charge in [-0.3, -0.25) is 4.79 Å². The number of hydrogen-bond acceptors (Lipinski definition) is 2. The van der Waals surface area contributed by atoms with E-state index in [2.05, 4.69) is 29.7 Å². The molecule has 3 nitrogen and oxygen atoms in total. The fourth-order valence-corrected chi connectivity index (χ4v) is 1.76. The molecule has 0 unspecified atom stereocenters. The number of rotatable bonds is 9. The summed E-state index contributed by atoms with van der Waals surface area (Å²) in [5, 5.41) is 6.17. The minimum Gasteiger partial charge on any atom is -0.356 e. The van der Waals surface area contributed by atoms with Crippen molar-refractivity contribution in [2.45, 2.75) is 32.6 Å². The Kier molecular flexibility index (Phi) is 7.89. The van der Waals surface area contributed by atoms with Crippen molar-refractivity contribution in [3.05, 3.63) is 35.9 Å². The topological polar surface area (TPSA) is 41.1 Å². The van der Waals surface area contributed by atoms with Crippen molar-refractivity contribution in [3.63, 3.8) is 0 Å². The number of carbonyl (C=O) groups excluding carboxylic acids is 1. The van der Waals surface area contributed by atoms with E-state index in [0.717, 1.165) is 38.9 Å². The molecule has 1 rings (SSSR count). The zero-order valence-corrected chi connectivity index (χ0v) is 11.2. The summed E-state index contributed by atoms with van der Waals surface area (Å²) in [5.74, 6) is 0.145. The van der Waals surface area contributed by atoms with Gasteiger partial charge in [-0.2, -0.15) is 0 Å². The summed E-state index contributed by atoms with van der Waals surface area (Å²) in [7, 11) is 0. The van der Waals surface area contributed by atoms with Gasteiger partial charge in [0, 0.05) is 19.5 Å². The fraction of sp³-hybridized carbons (Fsp3) is 0.533. The molecule has 0 aliphatic heterocycles. The molecule has 100 valence electrons. The van der Waals surface area contributed by atoms with Gasteiger partial charge in [-0.15, -0.1) is 0 Å². The van der Waals surface area contributed by atoms with Crippen LogP contribution in [0.15, 0.2) is 30.3 Å². The first-order valence-electron chi connectivity index (χ1n) is 6.84. The van der Waals surface area contributed by atoms with Crippen LogP contribution in [-0.4, -0.2) is 25.5 Å². The van der Waals surface area contributed by atoms with Crippen LogP contribution in [0.5, 0.6) is 0 Å². The van der Waals surface area contributed by atoms with Crippen LogP contribution in [0, 0.1) is 0 Å². The minimum absolute atomic E-state index is 0.145. The Morgan fingerprint density at radius 1 is 1.11 bits per heavy atom. The molecule has 0 atom stereocenters. The molecule has 0 aromatic heterocycles. The summed E-state index contributed by atoms with van der Waals surface area (Å²) < 4.78 is 0. The van der Waals surface area contributed by atoms with Crippen LogP contribution in [0.3, 0.4) is 0 Å². The summed E-state index contributed by atoms with van der Waals surface area (Å²) >= 11 is 0. The van der Waals surface area contributed by atoms with Crippen molar-refractivity contribution in [1.29, 1.82) is 0 Å². The van der Waals surface area contributed by atoms with Gasteiger partial charge in [0.15, 0.2) is 0 Å². The SMILES string of the molecule is CCCNCCC(=O)NCCCc1ccccc1. The third kappa shape index (κ3) is 7.07. The Hall–Kier alpha value is -1.35. The molecule has 3 heteroatoms. The second-order valence-corrected chi connectivity index (χ2v) is 4.44. The lowest BCUT2D eigenvalue weighted by atomic mass is 10.1. The predicted molar refractivity (Wildman–Crippen MR) is 75.6 cm³/mol. The second kappa shape index (κ2) is 9.66. The molecule has 1 amide bonds. The number of carbonyl (C=O) groups is 1. The first-order chi connectivity index (χ1) is 8.83. The smallest absolute Gasteiger partial charge is 0.221 e. The van der Waals surface area contributed by atoms with Crippen LogP contribution in [-0.2, 0) is 11.2 Å². The summed E-state index contributed by atoms with van der Waals surface area (Å²) in [6.45, 7) is 4.65. The highest BCUT2D eigenvalue weighted by molar-refractivity contribution is 5.75. The highest BCUT2D eigenvalue weighted by atomic mass is 16.1. The van der Waals surface area contributed by atoms with E-state index in [1.807, 2.05) is 18.2 Å². The van der Waals surface area contributed by atoms with Gasteiger partial charge in [0.2, 0.25) is 5.91 Å². The van der Waals surface area contributed by atoms with Crippen molar-refractivity contribution in [2.24, 2.45) is 0 Å². The van der Waals surface area contributed by atoms with Gasteiger partial charge in [0.25, 0.3) is 0 Å². The van der Waals surface area contributed by atoms with E-state index in [4.69, 9.17) is 0 Å². The summed E-state index contributed by atoms with van der Waals surface area (Å²) in [4.78, 5) is 11.5. The average molecular weight is 248 g/mol. The van der Waals surface area contributed by atoms with Gasteiger partial charge in [-0.05, 0) is 31.4 Å². The molecular weight excluding hydrogens is 224 g/mol. The monoisotopic (exact) mass is 248 g/mol. The standard InChI is InChI=1S/C15H24N2O/c1-2-11-16-13-10-15(18)17-12-6-9-14-7-4-3-5-8-14/h3-5,7-8,16H,2,6,9-13H2,1H3,(H,17,18). The molecule has 0 saturated carbocycles. The van der Waals surface area contributed by atoms with Crippen molar-refractivity contribution < 1.29 is 4.79 Å². The maximum atomic E-state index is 11.5. The minimum atomic E-state index is 0.145. The normalized spacial score (nSPS) is 10.3. The van der Waals surface area contributed by atoms with E-state index in [1.54, 1.807) is 0 Å². The fourth-order valence-electron chi connectivity index (χ4n) is 1.76. The molecule has 2 N–H and O–H groups in total. The van der Waals surface area contributed by atoms with E-state index in [0.29, 0.717) is 6.42 Å². The van der Waals surface area contributed by atoms with Crippen molar-refractivity contribution in [3.8, 4) is 0 Å². The summed E-state index contributed by atoms with van der Waals surface area (Å²) in [6.07, 6.45) is 3.71. The van der Waals surface area contributed by atoms with Crippen LogP contribution < -0.4 is 10.6 Å². The van der Waals surface area contributed by atoms with Gasteiger partial charge in [-0.1, -0.05) is 37.3 Å². The van der Waals surface area contributed by atoms with Gasteiger partial charge < -0.3 is 10.6 Å². The van der Waals surface area contributed by atoms with Crippen LogP contribution in [0.1, 0.15) is 31.7 Å². The zero-order chi connectivity index (χ0) is 13.1. The molecule has 0 aliphatic rings. The lowest BCUT2D eigenvalue weighted by Crippen LogP contribution is -2.28. The number of nitrogens with one attached hydrogen (secondary N) is 2. The predicted octanol–water partition coefficient (Wildman–Crippen LogP) is 2.13. The zero-order valence-electron chi connectivity index (χ0n) is 11.2. The second-order valence-electron chi connectivity index (χ2n) is 4.44. The van der Waals surface area contributed by atoms with Gasteiger partial charge >= 0.3 is 0 Å². The highest BCUT2D eigenvalue weighted by Crippen LogP contribution is 2.01. The third-order valence-corrected chi connectivity index (χ3v) is 2.76. The lowest BCUT2D eigenvalue weighted by Gasteiger charge is -2.06. The van der Waals surface area contributed by atoms with E-state index in [-0.39, 0.29) is 5.91 Å². The van der Waals surface area contributed by atoms with Crippen molar-refractivity contribution in [2.75, 3.05) is 19.6 Å². The van der Waals surface area contributed by atoms with Crippen molar-refractivity contribution >= 4 is 5.91 Å². The molecule has 0 fully saturated rings. The molecule has 0 heterocycles. The number of benzene rings is 1. The van der Waals surface area contributed by atoms with Gasteiger partial charge in [0.1, 0.15) is 0 Å². The first kappa shape index (κ1) is 14.7. The average Bonchev–Trinajstić information content (AvgIpc) is 2.41. The van der Waals surface area contributed by atoms with Crippen LogP contribution in [0.4, 0.5) is 0 Å². The molecule has 0 saturated heterocycles. The Bertz CT molecular complexity index is 325. The van der Waals surface area contributed by atoms with Crippen LogP contribution in [0.25, 0.3) is 0 Å². The van der Waals surface area contributed by atoms with Crippen LogP contribution in [0.2, 0.25) is 0 Å². The maximum absolute atomic E-state index is 11.5. The van der Waals surface area contributed by atoms with E-state index >= 15 is 0 Å². The first-order valence-corrected chi connectivity index (χ1v) is 6.84. The molecule has 1 aromatic carbocycles. The lowest BCUT2D eigenvalue weighted by molar-refractivity contribution is -0.120. The highest BCUT2D eigenvalue weighted by Gasteiger charge is 1.99. The van der Waals surface area contributed by atoms with E-state index in [1.165, 1.54) is 5.56 Å². The summed E-state index contributed by atoms with van der Waals surface area (Å²) in [6, 6.07) is 10.4. The molecular formula is C15H24N2O. The molecule has 18 heavy (non-hydrogen) atoms. The van der Waals surface area contributed by atoms with Gasteiger partial charge in [0.05, 0.1) is 0 Å². The Balaban J connectivity index is 1.99. The Labute approximate surface area is 110 Å². The van der Waals surface area contributed by atoms with Crippen LogP contribution >= 0.6 is 0 Å². The number of aryl methyl sites for hydroxylation is 1. The van der Waals surface area contributed by atoms with Gasteiger partial charge in [-0.25, -0.2) is 0 Å². The van der Waals surface area contributed by atoms with Crippen molar-refractivity contribution in [1.82, 2.24) is 10.6 Å². The molecule has 0 aliphatic carbocycles. The molecule has 0 spiro atoms. The number of hydrogen-bond donors (Lipinski definition) is 2. The molecule has 1 aromatic rings. The maximum Gasteiger partial charge on any atom is 0.221 e. The van der Waals surface area contributed by atoms with E-state index < -0.39 is 0 Å². The summed E-state index contributed by atoms with van der Waals surface area (Å²) in [5.41, 5.74) is 1.33. The Morgan fingerprint density at radius 2 is 1.89 bits per heavy atom. The number of amides is 1. The largest absolute Gasteiger partial charge is 0.356 e. The third-order valence-electron chi connectivity index (χ3n) is 2.76. The Morgan fingerprint density at radius 3 is 2.61 bits per heavy atom. The quantitative estimate of drug-likeness (QED) is 0.657. The molecule has 0 bridgehead atoms. The van der Waals surface area contributed by atoms with E-state index in [9.17, 15) is 4.79 Å².